The van der Waals surface area contributed by atoms with Gasteiger partial charge in [-0.1, -0.05) is 0 Å². The molecule has 1 aliphatic heterocycles. The highest BCUT2D eigenvalue weighted by atomic mass is 35.5. The van der Waals surface area contributed by atoms with Crippen LogP contribution in [0.4, 0.5) is 18.9 Å². The molecular formula is C12H14ClF3N2O. The molecule has 106 valence electrons. The van der Waals surface area contributed by atoms with Gasteiger partial charge >= 0.3 is 6.18 Å². The summed E-state index contributed by atoms with van der Waals surface area (Å²) in [5, 5.41) is 3.11. The third-order valence-electron chi connectivity index (χ3n) is 2.94. The summed E-state index contributed by atoms with van der Waals surface area (Å²) in [5.74, 6) is 0. The summed E-state index contributed by atoms with van der Waals surface area (Å²) in [6, 6.07) is 3.22. The van der Waals surface area contributed by atoms with Crippen molar-refractivity contribution in [3.05, 3.63) is 29.3 Å². The van der Waals surface area contributed by atoms with Gasteiger partial charge in [0.15, 0.2) is 6.29 Å². The van der Waals surface area contributed by atoms with Crippen LogP contribution in [0, 0.1) is 0 Å². The molecule has 0 bridgehead atoms. The Morgan fingerprint density at radius 3 is 2.37 bits per heavy atom. The summed E-state index contributed by atoms with van der Waals surface area (Å²) in [7, 11) is 0. The van der Waals surface area contributed by atoms with Crippen molar-refractivity contribution in [3.63, 3.8) is 0 Å². The van der Waals surface area contributed by atoms with E-state index in [4.69, 9.17) is 0 Å². The second kappa shape index (κ2) is 6.25. The monoisotopic (exact) mass is 294 g/mol. The average molecular weight is 295 g/mol. The molecule has 0 radical (unpaired) electrons. The molecule has 0 amide bonds. The van der Waals surface area contributed by atoms with E-state index in [-0.39, 0.29) is 12.4 Å². The van der Waals surface area contributed by atoms with E-state index in [0.717, 1.165) is 12.1 Å². The Bertz CT molecular complexity index is 445. The zero-order chi connectivity index (χ0) is 13.2. The molecule has 1 aromatic rings. The number of piperazine rings is 1. The molecule has 0 spiro atoms. The molecule has 0 aromatic heterocycles. The van der Waals surface area contributed by atoms with Gasteiger partial charge in [0.1, 0.15) is 0 Å². The summed E-state index contributed by atoms with van der Waals surface area (Å²) < 4.78 is 38.0. The van der Waals surface area contributed by atoms with E-state index in [1.54, 1.807) is 4.90 Å². The molecule has 1 heterocycles. The predicted octanol–water partition coefficient (Wildman–Crippen LogP) is 2.35. The van der Waals surface area contributed by atoms with Gasteiger partial charge in [0.05, 0.1) is 5.56 Å². The van der Waals surface area contributed by atoms with Crippen molar-refractivity contribution in [1.82, 2.24) is 5.32 Å². The van der Waals surface area contributed by atoms with Crippen LogP contribution in [0.2, 0.25) is 0 Å². The number of halogens is 4. The van der Waals surface area contributed by atoms with Gasteiger partial charge in [-0.05, 0) is 18.2 Å². The number of carbonyl (C=O) groups excluding carboxylic acids is 1. The molecule has 1 N–H and O–H groups in total. The standard InChI is InChI=1S/C12H13F3N2O.ClH/c13-12(14,15)10-2-1-9(8-18)11(7-10)17-5-3-16-4-6-17;/h1-2,7-8,16H,3-6H2;1H. The lowest BCUT2D eigenvalue weighted by molar-refractivity contribution is -0.137. The third kappa shape index (κ3) is 3.61. The van der Waals surface area contributed by atoms with E-state index in [2.05, 4.69) is 5.32 Å². The second-order valence-corrected chi connectivity index (χ2v) is 4.13. The van der Waals surface area contributed by atoms with Crippen LogP contribution in [0.1, 0.15) is 15.9 Å². The van der Waals surface area contributed by atoms with Crippen molar-refractivity contribution in [1.29, 1.82) is 0 Å². The Labute approximate surface area is 115 Å². The smallest absolute Gasteiger partial charge is 0.368 e. The molecule has 1 aliphatic rings. The Morgan fingerprint density at radius 1 is 1.21 bits per heavy atom. The largest absolute Gasteiger partial charge is 0.416 e. The van der Waals surface area contributed by atoms with Gasteiger partial charge < -0.3 is 10.2 Å². The zero-order valence-corrected chi connectivity index (χ0v) is 10.9. The number of hydrogen-bond donors (Lipinski definition) is 1. The molecule has 0 atom stereocenters. The highest BCUT2D eigenvalue weighted by molar-refractivity contribution is 5.85. The van der Waals surface area contributed by atoms with Gasteiger partial charge in [-0.2, -0.15) is 13.2 Å². The van der Waals surface area contributed by atoms with Gasteiger partial charge in [-0.3, -0.25) is 4.79 Å². The maximum absolute atomic E-state index is 12.7. The van der Waals surface area contributed by atoms with E-state index < -0.39 is 11.7 Å². The third-order valence-corrected chi connectivity index (χ3v) is 2.94. The number of aldehydes is 1. The molecule has 7 heteroatoms. The van der Waals surface area contributed by atoms with Crippen molar-refractivity contribution in [2.45, 2.75) is 6.18 Å². The summed E-state index contributed by atoms with van der Waals surface area (Å²) in [5.41, 5.74) is -0.0622. The maximum Gasteiger partial charge on any atom is 0.416 e. The van der Waals surface area contributed by atoms with Gasteiger partial charge in [0.2, 0.25) is 0 Å². The van der Waals surface area contributed by atoms with Gasteiger partial charge in [-0.15, -0.1) is 12.4 Å². The molecule has 0 unspecified atom stereocenters. The first-order valence-corrected chi connectivity index (χ1v) is 5.64. The lowest BCUT2D eigenvalue weighted by Crippen LogP contribution is -2.44. The summed E-state index contributed by atoms with van der Waals surface area (Å²) in [6.07, 6.45) is -3.79. The van der Waals surface area contributed by atoms with Crippen LogP contribution < -0.4 is 10.2 Å². The first kappa shape index (κ1) is 15.8. The molecule has 1 aromatic carbocycles. The minimum absolute atomic E-state index is 0. The second-order valence-electron chi connectivity index (χ2n) is 4.13. The van der Waals surface area contributed by atoms with Crippen LogP contribution in [0.25, 0.3) is 0 Å². The molecule has 1 fully saturated rings. The van der Waals surface area contributed by atoms with E-state index >= 15 is 0 Å². The van der Waals surface area contributed by atoms with Crippen molar-refractivity contribution >= 4 is 24.4 Å². The molecule has 1 saturated heterocycles. The first-order valence-electron chi connectivity index (χ1n) is 5.64. The number of rotatable bonds is 2. The molecular weight excluding hydrogens is 281 g/mol. The Morgan fingerprint density at radius 2 is 1.84 bits per heavy atom. The first-order chi connectivity index (χ1) is 8.52. The van der Waals surface area contributed by atoms with Crippen LogP contribution >= 0.6 is 12.4 Å². The van der Waals surface area contributed by atoms with E-state index in [1.807, 2.05) is 0 Å². The number of anilines is 1. The average Bonchev–Trinajstić information content (AvgIpc) is 2.38. The molecule has 2 rings (SSSR count). The quantitative estimate of drug-likeness (QED) is 0.850. The summed E-state index contributed by atoms with van der Waals surface area (Å²) in [6.45, 7) is 2.60. The van der Waals surface area contributed by atoms with Crippen LogP contribution in [-0.2, 0) is 6.18 Å². The number of carbonyl (C=O) groups is 1. The molecule has 0 aliphatic carbocycles. The van der Waals surface area contributed by atoms with Crippen LogP contribution in [-0.4, -0.2) is 32.5 Å². The van der Waals surface area contributed by atoms with Crippen molar-refractivity contribution in [3.8, 4) is 0 Å². The van der Waals surface area contributed by atoms with Crippen molar-refractivity contribution < 1.29 is 18.0 Å². The van der Waals surface area contributed by atoms with E-state index in [0.29, 0.717) is 43.7 Å². The highest BCUT2D eigenvalue weighted by Gasteiger charge is 2.31. The number of nitrogens with one attached hydrogen (secondary N) is 1. The minimum atomic E-state index is -4.38. The fourth-order valence-electron chi connectivity index (χ4n) is 2.00. The van der Waals surface area contributed by atoms with Gasteiger partial charge in [0.25, 0.3) is 0 Å². The number of nitrogens with zero attached hydrogens (tertiary/aromatic N) is 1. The van der Waals surface area contributed by atoms with Crippen LogP contribution in [0.3, 0.4) is 0 Å². The van der Waals surface area contributed by atoms with E-state index in [9.17, 15) is 18.0 Å². The summed E-state index contributed by atoms with van der Waals surface area (Å²) in [4.78, 5) is 12.7. The van der Waals surface area contributed by atoms with Crippen LogP contribution in [0.5, 0.6) is 0 Å². The topological polar surface area (TPSA) is 32.3 Å². The molecule has 0 saturated carbocycles. The maximum atomic E-state index is 12.7. The zero-order valence-electron chi connectivity index (χ0n) is 10.0. The van der Waals surface area contributed by atoms with Crippen molar-refractivity contribution in [2.24, 2.45) is 0 Å². The van der Waals surface area contributed by atoms with Crippen molar-refractivity contribution in [2.75, 3.05) is 31.1 Å². The Hall–Kier alpha value is -1.27. The fourth-order valence-corrected chi connectivity index (χ4v) is 2.00. The van der Waals surface area contributed by atoms with E-state index in [1.165, 1.54) is 6.07 Å². The lowest BCUT2D eigenvalue weighted by atomic mass is 10.1. The minimum Gasteiger partial charge on any atom is -0.368 e. The molecule has 19 heavy (non-hydrogen) atoms. The fraction of sp³-hybridized carbons (Fsp3) is 0.417. The van der Waals surface area contributed by atoms with Crippen LogP contribution in [0.15, 0.2) is 18.2 Å². The Kier molecular flexibility index (Phi) is 5.20. The SMILES string of the molecule is Cl.O=Cc1ccc(C(F)(F)F)cc1N1CCNCC1. The lowest BCUT2D eigenvalue weighted by Gasteiger charge is -2.30. The number of benzene rings is 1. The Balaban J connectivity index is 0.00000180. The van der Waals surface area contributed by atoms with Gasteiger partial charge in [-0.25, -0.2) is 0 Å². The number of alkyl halides is 3. The molecule has 3 nitrogen and oxygen atoms in total. The summed E-state index contributed by atoms with van der Waals surface area (Å²) >= 11 is 0. The predicted molar refractivity (Wildman–Crippen MR) is 69.2 cm³/mol. The number of hydrogen-bond acceptors (Lipinski definition) is 3. The normalized spacial score (nSPS) is 15.8. The van der Waals surface area contributed by atoms with Gasteiger partial charge in [0, 0.05) is 37.4 Å². The highest BCUT2D eigenvalue weighted by Crippen LogP contribution is 2.33.